The van der Waals surface area contributed by atoms with E-state index >= 15 is 0 Å². The number of halogens is 1. The van der Waals surface area contributed by atoms with Crippen molar-refractivity contribution in [2.75, 3.05) is 19.0 Å². The third-order valence-electron chi connectivity index (χ3n) is 2.96. The van der Waals surface area contributed by atoms with Crippen molar-refractivity contribution < 1.29 is 23.8 Å². The number of benzene rings is 1. The van der Waals surface area contributed by atoms with Gasteiger partial charge in [0.25, 0.3) is 0 Å². The molecule has 0 saturated heterocycles. The minimum Gasteiger partial charge on any atom is -0.494 e. The number of carbonyl (C=O) groups is 2. The predicted octanol–water partition coefficient (Wildman–Crippen LogP) is 1.92. The lowest BCUT2D eigenvalue weighted by Gasteiger charge is -2.20. The standard InChI is InChI=1S/C13H15FN2O4/c1-20-11-5-2-8(6-10(11)14)15-13(19)16(7-12(17)18)9-3-4-9/h2,5-6,9H,3-4,7H2,1H3,(H,15,19)(H,17,18). The first-order chi connectivity index (χ1) is 9.51. The molecule has 0 bridgehead atoms. The number of hydrogen-bond donors (Lipinski definition) is 2. The van der Waals surface area contributed by atoms with Gasteiger partial charge in [-0.1, -0.05) is 0 Å². The molecular weight excluding hydrogens is 267 g/mol. The van der Waals surface area contributed by atoms with E-state index in [-0.39, 0.29) is 24.0 Å². The average molecular weight is 282 g/mol. The zero-order valence-corrected chi connectivity index (χ0v) is 10.9. The highest BCUT2D eigenvalue weighted by Crippen LogP contribution is 2.27. The number of amides is 2. The highest BCUT2D eigenvalue weighted by atomic mass is 19.1. The van der Waals surface area contributed by atoms with E-state index in [1.807, 2.05) is 0 Å². The minimum absolute atomic E-state index is 0.0470. The molecule has 1 aliphatic carbocycles. The molecule has 2 rings (SSSR count). The van der Waals surface area contributed by atoms with E-state index in [2.05, 4.69) is 5.32 Å². The SMILES string of the molecule is COc1ccc(NC(=O)N(CC(=O)O)C2CC2)cc1F. The summed E-state index contributed by atoms with van der Waals surface area (Å²) in [6.07, 6.45) is 1.58. The molecule has 1 aliphatic rings. The van der Waals surface area contributed by atoms with Gasteiger partial charge in [-0.15, -0.1) is 0 Å². The average Bonchev–Trinajstić information content (AvgIpc) is 3.20. The molecule has 0 spiro atoms. The summed E-state index contributed by atoms with van der Waals surface area (Å²) in [5.74, 6) is -1.60. The second-order valence-electron chi connectivity index (χ2n) is 4.53. The van der Waals surface area contributed by atoms with Crippen molar-refractivity contribution in [3.05, 3.63) is 24.0 Å². The molecule has 0 unspecified atom stereocenters. The van der Waals surface area contributed by atoms with E-state index < -0.39 is 17.8 Å². The Kier molecular flexibility index (Phi) is 4.07. The van der Waals surface area contributed by atoms with Gasteiger partial charge in [0.1, 0.15) is 6.54 Å². The molecule has 0 radical (unpaired) electrons. The van der Waals surface area contributed by atoms with Crippen LogP contribution >= 0.6 is 0 Å². The number of carboxylic acids is 1. The van der Waals surface area contributed by atoms with E-state index in [0.29, 0.717) is 0 Å². The maximum absolute atomic E-state index is 13.5. The van der Waals surface area contributed by atoms with Crippen LogP contribution in [0.1, 0.15) is 12.8 Å². The van der Waals surface area contributed by atoms with Crippen LogP contribution in [0.2, 0.25) is 0 Å². The zero-order chi connectivity index (χ0) is 14.7. The predicted molar refractivity (Wildman–Crippen MR) is 69.3 cm³/mol. The van der Waals surface area contributed by atoms with Crippen molar-refractivity contribution in [1.29, 1.82) is 0 Å². The molecule has 7 heteroatoms. The van der Waals surface area contributed by atoms with Crippen LogP contribution in [0.5, 0.6) is 5.75 Å². The Balaban J connectivity index is 2.05. The van der Waals surface area contributed by atoms with E-state index in [4.69, 9.17) is 9.84 Å². The van der Waals surface area contributed by atoms with Crippen molar-refractivity contribution in [3.8, 4) is 5.75 Å². The van der Waals surface area contributed by atoms with Gasteiger partial charge in [0.2, 0.25) is 0 Å². The van der Waals surface area contributed by atoms with Crippen LogP contribution in [0.3, 0.4) is 0 Å². The van der Waals surface area contributed by atoms with E-state index in [0.717, 1.165) is 18.9 Å². The molecule has 0 aromatic heterocycles. The Morgan fingerprint density at radius 2 is 2.20 bits per heavy atom. The van der Waals surface area contributed by atoms with Gasteiger partial charge in [-0.2, -0.15) is 0 Å². The van der Waals surface area contributed by atoms with Crippen LogP contribution in [0.15, 0.2) is 18.2 Å². The van der Waals surface area contributed by atoms with Gasteiger partial charge in [-0.3, -0.25) is 4.79 Å². The number of aliphatic carboxylic acids is 1. The van der Waals surface area contributed by atoms with Crippen molar-refractivity contribution >= 4 is 17.7 Å². The largest absolute Gasteiger partial charge is 0.494 e. The molecule has 2 amide bonds. The van der Waals surface area contributed by atoms with Gasteiger partial charge in [-0.25, -0.2) is 9.18 Å². The second-order valence-corrected chi connectivity index (χ2v) is 4.53. The molecule has 108 valence electrons. The molecule has 0 heterocycles. The number of urea groups is 1. The normalized spacial score (nSPS) is 13.7. The number of carbonyl (C=O) groups excluding carboxylic acids is 1. The van der Waals surface area contributed by atoms with Crippen LogP contribution in [0.4, 0.5) is 14.9 Å². The summed E-state index contributed by atoms with van der Waals surface area (Å²) in [4.78, 5) is 24.0. The lowest BCUT2D eigenvalue weighted by atomic mass is 10.3. The third-order valence-corrected chi connectivity index (χ3v) is 2.96. The van der Waals surface area contributed by atoms with Crippen LogP contribution in [0, 0.1) is 5.82 Å². The Labute approximate surface area is 115 Å². The van der Waals surface area contributed by atoms with Crippen LogP contribution in [-0.2, 0) is 4.79 Å². The summed E-state index contributed by atoms with van der Waals surface area (Å²) < 4.78 is 18.3. The number of anilines is 1. The highest BCUT2D eigenvalue weighted by Gasteiger charge is 2.33. The fourth-order valence-electron chi connectivity index (χ4n) is 1.84. The molecule has 0 aliphatic heterocycles. The smallest absolute Gasteiger partial charge is 0.323 e. The Bertz CT molecular complexity index is 531. The van der Waals surface area contributed by atoms with Gasteiger partial charge in [-0.05, 0) is 25.0 Å². The Morgan fingerprint density at radius 3 is 2.70 bits per heavy atom. The lowest BCUT2D eigenvalue weighted by molar-refractivity contribution is -0.137. The van der Waals surface area contributed by atoms with Gasteiger partial charge in [0.15, 0.2) is 11.6 Å². The van der Waals surface area contributed by atoms with Gasteiger partial charge in [0, 0.05) is 17.8 Å². The van der Waals surface area contributed by atoms with Gasteiger partial charge in [0.05, 0.1) is 7.11 Å². The molecular formula is C13H15FN2O4. The van der Waals surface area contributed by atoms with Crippen LogP contribution < -0.4 is 10.1 Å². The summed E-state index contributed by atoms with van der Waals surface area (Å²) in [6.45, 7) is -0.366. The van der Waals surface area contributed by atoms with Gasteiger partial charge >= 0.3 is 12.0 Å². The zero-order valence-electron chi connectivity index (χ0n) is 10.9. The van der Waals surface area contributed by atoms with E-state index in [9.17, 15) is 14.0 Å². The topological polar surface area (TPSA) is 78.9 Å². The number of rotatable bonds is 5. The first-order valence-corrected chi connectivity index (χ1v) is 6.14. The molecule has 1 saturated carbocycles. The third kappa shape index (κ3) is 3.37. The fourth-order valence-corrected chi connectivity index (χ4v) is 1.84. The van der Waals surface area contributed by atoms with Crippen LogP contribution in [-0.4, -0.2) is 41.7 Å². The molecule has 20 heavy (non-hydrogen) atoms. The minimum atomic E-state index is -1.08. The fraction of sp³-hybridized carbons (Fsp3) is 0.385. The number of nitrogens with zero attached hydrogens (tertiary/aromatic N) is 1. The van der Waals surface area contributed by atoms with E-state index in [1.54, 1.807) is 0 Å². The van der Waals surface area contributed by atoms with E-state index in [1.165, 1.54) is 24.1 Å². The van der Waals surface area contributed by atoms with Crippen molar-refractivity contribution in [3.63, 3.8) is 0 Å². The summed E-state index contributed by atoms with van der Waals surface area (Å²) in [5, 5.41) is 11.3. The molecule has 2 N–H and O–H groups in total. The molecule has 0 atom stereocenters. The number of hydrogen-bond acceptors (Lipinski definition) is 3. The Morgan fingerprint density at radius 1 is 1.50 bits per heavy atom. The summed E-state index contributed by atoms with van der Waals surface area (Å²) in [7, 11) is 1.35. The highest BCUT2D eigenvalue weighted by molar-refractivity contribution is 5.91. The van der Waals surface area contributed by atoms with Crippen molar-refractivity contribution in [2.24, 2.45) is 0 Å². The quantitative estimate of drug-likeness (QED) is 0.864. The van der Waals surface area contributed by atoms with Crippen molar-refractivity contribution in [2.45, 2.75) is 18.9 Å². The molecule has 1 fully saturated rings. The number of nitrogens with one attached hydrogen (secondary N) is 1. The summed E-state index contributed by atoms with van der Waals surface area (Å²) >= 11 is 0. The summed E-state index contributed by atoms with van der Waals surface area (Å²) in [6, 6.07) is 3.42. The maximum Gasteiger partial charge on any atom is 0.323 e. The van der Waals surface area contributed by atoms with Gasteiger partial charge < -0.3 is 20.1 Å². The molecule has 6 nitrogen and oxygen atoms in total. The maximum atomic E-state index is 13.5. The Hall–Kier alpha value is -2.31. The monoisotopic (exact) mass is 282 g/mol. The molecule has 1 aromatic rings. The number of methoxy groups -OCH3 is 1. The lowest BCUT2D eigenvalue weighted by Crippen LogP contribution is -2.40. The number of ether oxygens (including phenoxy) is 1. The van der Waals surface area contributed by atoms with Crippen LogP contribution in [0.25, 0.3) is 0 Å². The van der Waals surface area contributed by atoms with Crippen molar-refractivity contribution in [1.82, 2.24) is 4.90 Å². The first kappa shape index (κ1) is 14.1. The molecule has 1 aromatic carbocycles. The second kappa shape index (κ2) is 5.77. The summed E-state index contributed by atoms with van der Waals surface area (Å²) in [5.41, 5.74) is 0.254. The first-order valence-electron chi connectivity index (χ1n) is 6.14. The number of carboxylic acid groups (broad SMARTS) is 1.